The van der Waals surface area contributed by atoms with Crippen LogP contribution in [0.25, 0.3) is 0 Å². The zero-order chi connectivity index (χ0) is 14.5. The van der Waals surface area contributed by atoms with E-state index in [1.807, 2.05) is 6.07 Å². The number of aldehydes is 1. The Morgan fingerprint density at radius 3 is 2.37 bits per heavy atom. The fraction of sp³-hybridized carbons (Fsp3) is 0.462. The molecule has 4 atom stereocenters. The van der Waals surface area contributed by atoms with Gasteiger partial charge in [-0.05, 0) is 12.5 Å². The number of ether oxygens (including phenoxy) is 1. The summed E-state index contributed by atoms with van der Waals surface area (Å²) in [6, 6.07) is 8.92. The van der Waals surface area contributed by atoms with Crippen LogP contribution >= 0.6 is 0 Å². The first kappa shape index (κ1) is 15.7. The molecule has 0 radical (unpaired) electrons. The number of carbonyl (C=O) groups is 1. The van der Waals surface area contributed by atoms with Crippen molar-refractivity contribution >= 4 is 6.29 Å². The summed E-state index contributed by atoms with van der Waals surface area (Å²) in [5.41, 5.74) is 0.764. The van der Waals surface area contributed by atoms with E-state index in [9.17, 15) is 20.1 Å². The van der Waals surface area contributed by atoms with Crippen molar-refractivity contribution in [1.82, 2.24) is 0 Å². The van der Waals surface area contributed by atoms with Gasteiger partial charge in [-0.1, -0.05) is 30.3 Å². The fourth-order valence-electron chi connectivity index (χ4n) is 1.47. The Morgan fingerprint density at radius 1 is 1.26 bits per heavy atom. The number of rotatable bonds is 7. The summed E-state index contributed by atoms with van der Waals surface area (Å²) < 4.78 is 5.11. The molecule has 19 heavy (non-hydrogen) atoms. The molecular weight excluding hydrogens is 252 g/mol. The van der Waals surface area contributed by atoms with Gasteiger partial charge in [0.05, 0.1) is 6.61 Å². The van der Waals surface area contributed by atoms with Gasteiger partial charge in [-0.3, -0.25) is 0 Å². The summed E-state index contributed by atoms with van der Waals surface area (Å²) in [6.07, 6.45) is -5.37. The van der Waals surface area contributed by atoms with Gasteiger partial charge in [-0.25, -0.2) is 0 Å². The third-order valence-electron chi connectivity index (χ3n) is 2.74. The summed E-state index contributed by atoms with van der Waals surface area (Å²) >= 11 is 0. The van der Waals surface area contributed by atoms with Crippen molar-refractivity contribution in [3.8, 4) is 0 Å². The van der Waals surface area contributed by atoms with E-state index in [4.69, 9.17) is 9.84 Å². The molecule has 0 saturated heterocycles. The molecule has 4 N–H and O–H groups in total. The maximum atomic E-state index is 10.3. The average Bonchev–Trinajstić information content (AvgIpc) is 2.43. The monoisotopic (exact) mass is 270 g/mol. The highest BCUT2D eigenvalue weighted by molar-refractivity contribution is 5.56. The Kier molecular flexibility index (Phi) is 5.59. The molecule has 0 fully saturated rings. The summed E-state index contributed by atoms with van der Waals surface area (Å²) in [4.78, 5) is 10.3. The lowest BCUT2D eigenvalue weighted by molar-refractivity contribution is -0.274. The lowest BCUT2D eigenvalue weighted by Crippen LogP contribution is -2.53. The number of hydrogen-bond donors (Lipinski definition) is 4. The second-order valence-corrected chi connectivity index (χ2v) is 4.39. The maximum absolute atomic E-state index is 10.3. The predicted molar refractivity (Wildman–Crippen MR) is 65.9 cm³/mol. The molecule has 0 aromatic heterocycles. The summed E-state index contributed by atoms with van der Waals surface area (Å²) in [6.45, 7) is 1.15. The van der Waals surface area contributed by atoms with Crippen LogP contribution in [0.4, 0.5) is 0 Å². The third-order valence-corrected chi connectivity index (χ3v) is 2.74. The lowest BCUT2D eigenvalue weighted by atomic mass is 10.0. The van der Waals surface area contributed by atoms with Gasteiger partial charge < -0.3 is 30.0 Å². The van der Waals surface area contributed by atoms with Crippen LogP contribution in [0.3, 0.4) is 0 Å². The number of aliphatic hydroxyl groups excluding tert-OH is 3. The highest BCUT2D eigenvalue weighted by atomic mass is 16.6. The largest absolute Gasteiger partial charge is 0.387 e. The molecule has 0 heterocycles. The Bertz CT molecular complexity index is 391. The van der Waals surface area contributed by atoms with E-state index in [0.717, 1.165) is 12.5 Å². The van der Waals surface area contributed by atoms with E-state index in [2.05, 4.69) is 0 Å². The molecule has 0 spiro atoms. The highest BCUT2D eigenvalue weighted by Gasteiger charge is 2.39. The van der Waals surface area contributed by atoms with Gasteiger partial charge in [-0.2, -0.15) is 0 Å². The van der Waals surface area contributed by atoms with Crippen LogP contribution in [0, 0.1) is 0 Å². The molecule has 0 bridgehead atoms. The highest BCUT2D eigenvalue weighted by Crippen LogP contribution is 2.19. The molecule has 0 aliphatic heterocycles. The first-order chi connectivity index (χ1) is 8.88. The first-order valence-electron chi connectivity index (χ1n) is 5.78. The number of aliphatic hydroxyl groups is 4. The van der Waals surface area contributed by atoms with E-state index < -0.39 is 24.1 Å². The number of benzene rings is 1. The van der Waals surface area contributed by atoms with Crippen molar-refractivity contribution in [2.75, 3.05) is 0 Å². The normalized spacial score (nSPS) is 19.2. The van der Waals surface area contributed by atoms with E-state index in [0.29, 0.717) is 0 Å². The number of carbonyl (C=O) groups excluding carboxylic acids is 1. The molecule has 106 valence electrons. The summed E-state index contributed by atoms with van der Waals surface area (Å²) in [7, 11) is 0. The standard InChI is InChI=1S/C13H18O6/c1-13(18,12(17)11(16)10(15)7-14)19-8-9-5-3-2-4-6-9/h2-7,10-12,15-18H,8H2,1H3/t10-,11+,12+,13-/m0/s1. The van der Waals surface area contributed by atoms with Crippen LogP contribution in [0.5, 0.6) is 0 Å². The summed E-state index contributed by atoms with van der Waals surface area (Å²) in [5, 5.41) is 38.1. The predicted octanol–water partition coefficient (Wildman–Crippen LogP) is -0.807. The van der Waals surface area contributed by atoms with Crippen LogP contribution in [0.2, 0.25) is 0 Å². The van der Waals surface area contributed by atoms with E-state index >= 15 is 0 Å². The van der Waals surface area contributed by atoms with E-state index in [1.165, 1.54) is 0 Å². The van der Waals surface area contributed by atoms with Gasteiger partial charge in [-0.15, -0.1) is 0 Å². The van der Waals surface area contributed by atoms with Crippen molar-refractivity contribution in [3.63, 3.8) is 0 Å². The molecule has 0 saturated carbocycles. The van der Waals surface area contributed by atoms with Crippen molar-refractivity contribution in [2.24, 2.45) is 0 Å². The van der Waals surface area contributed by atoms with Gasteiger partial charge in [0.2, 0.25) is 0 Å². The smallest absolute Gasteiger partial charge is 0.192 e. The van der Waals surface area contributed by atoms with Crippen LogP contribution in [0.1, 0.15) is 12.5 Å². The molecule has 0 unspecified atom stereocenters. The quantitative estimate of drug-likeness (QED) is 0.381. The summed E-state index contributed by atoms with van der Waals surface area (Å²) in [5.74, 6) is -2.10. The molecule has 1 aromatic rings. The zero-order valence-corrected chi connectivity index (χ0v) is 10.5. The Hall–Kier alpha value is -1.31. The fourth-order valence-corrected chi connectivity index (χ4v) is 1.47. The molecule has 1 rings (SSSR count). The van der Waals surface area contributed by atoms with Gasteiger partial charge in [0.15, 0.2) is 12.1 Å². The zero-order valence-electron chi connectivity index (χ0n) is 10.5. The SMILES string of the molecule is C[C@](O)(OCc1ccccc1)[C@H](O)[C@H](O)[C@@H](O)C=O. The minimum absolute atomic E-state index is 0.00873. The van der Waals surface area contributed by atoms with Crippen molar-refractivity contribution < 1.29 is 30.0 Å². The topological polar surface area (TPSA) is 107 Å². The molecule has 0 amide bonds. The van der Waals surface area contributed by atoms with Gasteiger partial charge in [0.1, 0.15) is 18.3 Å². The molecular formula is C13H18O6. The van der Waals surface area contributed by atoms with Crippen LogP contribution in [0.15, 0.2) is 30.3 Å². The van der Waals surface area contributed by atoms with Crippen molar-refractivity contribution in [3.05, 3.63) is 35.9 Å². The second kappa shape index (κ2) is 6.74. The second-order valence-electron chi connectivity index (χ2n) is 4.39. The molecule has 6 heteroatoms. The Morgan fingerprint density at radius 2 is 1.84 bits per heavy atom. The van der Waals surface area contributed by atoms with E-state index in [1.54, 1.807) is 24.3 Å². The molecule has 6 nitrogen and oxygen atoms in total. The Balaban J connectivity index is 2.62. The average molecular weight is 270 g/mol. The minimum atomic E-state index is -2.10. The van der Waals surface area contributed by atoms with Crippen molar-refractivity contribution in [1.29, 1.82) is 0 Å². The van der Waals surface area contributed by atoms with Gasteiger partial charge in [0.25, 0.3) is 0 Å². The third kappa shape index (κ3) is 4.38. The lowest BCUT2D eigenvalue weighted by Gasteiger charge is -2.32. The Labute approximate surface area is 110 Å². The van der Waals surface area contributed by atoms with Crippen LogP contribution in [-0.4, -0.2) is 50.8 Å². The molecule has 0 aliphatic rings. The first-order valence-corrected chi connectivity index (χ1v) is 5.78. The maximum Gasteiger partial charge on any atom is 0.192 e. The van der Waals surface area contributed by atoms with Crippen LogP contribution < -0.4 is 0 Å². The number of hydrogen-bond acceptors (Lipinski definition) is 6. The molecule has 1 aromatic carbocycles. The van der Waals surface area contributed by atoms with E-state index in [-0.39, 0.29) is 12.9 Å². The van der Waals surface area contributed by atoms with Gasteiger partial charge in [0, 0.05) is 0 Å². The van der Waals surface area contributed by atoms with Crippen molar-refractivity contribution in [2.45, 2.75) is 37.6 Å². The minimum Gasteiger partial charge on any atom is -0.387 e. The van der Waals surface area contributed by atoms with Gasteiger partial charge >= 0.3 is 0 Å². The molecule has 0 aliphatic carbocycles. The van der Waals surface area contributed by atoms with Crippen LogP contribution in [-0.2, 0) is 16.1 Å².